The zero-order valence-corrected chi connectivity index (χ0v) is 14.9. The monoisotopic (exact) mass is 346 g/mol. The third-order valence-electron chi connectivity index (χ3n) is 3.69. The molecule has 0 radical (unpaired) electrons. The van der Waals surface area contributed by atoms with Gasteiger partial charge in [0.2, 0.25) is 0 Å². The second-order valence-electron chi connectivity index (χ2n) is 5.91. The van der Waals surface area contributed by atoms with Crippen LogP contribution in [0.4, 0.5) is 0 Å². The van der Waals surface area contributed by atoms with Gasteiger partial charge in [0.05, 0.1) is 0 Å². The number of carboxylic acids is 1. The third-order valence-corrected chi connectivity index (χ3v) is 3.69. The Labute approximate surface area is 144 Å². The number of hydrogen-bond donors (Lipinski definition) is 3. The Morgan fingerprint density at radius 2 is 1.33 bits per heavy atom. The van der Waals surface area contributed by atoms with Crippen molar-refractivity contribution < 1.29 is 24.2 Å². The molecular weight excluding hydrogens is 312 g/mol. The van der Waals surface area contributed by atoms with Gasteiger partial charge < -0.3 is 21.7 Å². The van der Waals surface area contributed by atoms with Gasteiger partial charge in [-0.05, 0) is 12.8 Å². The van der Waals surface area contributed by atoms with Gasteiger partial charge in [-0.3, -0.25) is 14.4 Å². The van der Waals surface area contributed by atoms with E-state index in [1.807, 2.05) is 0 Å². The van der Waals surface area contributed by atoms with Crippen LogP contribution in [-0.2, 0) is 19.1 Å². The number of carbonyl (C=O) groups is 3. The summed E-state index contributed by atoms with van der Waals surface area (Å²) in [5.41, 5.74) is 5.27. The molecule has 0 aromatic heterocycles. The lowest BCUT2D eigenvalue weighted by atomic mass is 10.1. The molecule has 0 aliphatic carbocycles. The van der Waals surface area contributed by atoms with Crippen LogP contribution in [0.25, 0.3) is 0 Å². The summed E-state index contributed by atoms with van der Waals surface area (Å²) >= 11 is 0. The van der Waals surface area contributed by atoms with E-state index in [9.17, 15) is 14.4 Å². The number of nitrogens with two attached hydrogens (primary N) is 1. The number of carbonyl (C=O) groups excluding carboxylic acids is 2. The maximum Gasteiger partial charge on any atom is 0.320 e. The Balaban J connectivity index is 0. The van der Waals surface area contributed by atoms with Crippen LogP contribution in [0.2, 0.25) is 0 Å². The van der Waals surface area contributed by atoms with Crippen molar-refractivity contribution in [2.75, 3.05) is 0 Å². The summed E-state index contributed by atoms with van der Waals surface area (Å²) in [7, 11) is 0. The minimum atomic E-state index is -1.17. The number of rotatable bonds is 14. The van der Waals surface area contributed by atoms with Crippen molar-refractivity contribution in [3.8, 4) is 0 Å². The molecule has 0 heterocycles. The van der Waals surface area contributed by atoms with Gasteiger partial charge in [-0.25, -0.2) is 0 Å². The minimum Gasteiger partial charge on any atom is -0.480 e. The van der Waals surface area contributed by atoms with Crippen LogP contribution >= 0.6 is 0 Å². The zero-order chi connectivity index (χ0) is 17.5. The van der Waals surface area contributed by atoms with Crippen LogP contribution in [0.15, 0.2) is 0 Å². The average molecular weight is 346 g/mol. The molecule has 0 bridgehead atoms. The summed E-state index contributed by atoms with van der Waals surface area (Å²) in [4.78, 5) is 33.3. The van der Waals surface area contributed by atoms with E-state index >= 15 is 0 Å². The topological polar surface area (TPSA) is 142 Å². The van der Waals surface area contributed by atoms with Gasteiger partial charge in [0, 0.05) is 12.8 Å². The minimum absolute atomic E-state index is 0. The molecule has 7 heteroatoms. The fourth-order valence-corrected chi connectivity index (χ4v) is 2.21. The van der Waals surface area contributed by atoms with Crippen molar-refractivity contribution in [1.82, 2.24) is 6.15 Å². The summed E-state index contributed by atoms with van der Waals surface area (Å²) in [6.07, 6.45) is 10.4. The van der Waals surface area contributed by atoms with Gasteiger partial charge >= 0.3 is 17.9 Å². The van der Waals surface area contributed by atoms with E-state index in [2.05, 4.69) is 11.7 Å². The van der Waals surface area contributed by atoms with E-state index in [1.54, 1.807) is 0 Å². The summed E-state index contributed by atoms with van der Waals surface area (Å²) < 4.78 is 4.63. The lowest BCUT2D eigenvalue weighted by Gasteiger charge is -2.06. The first-order chi connectivity index (χ1) is 11.0. The molecule has 0 aliphatic rings. The van der Waals surface area contributed by atoms with Crippen LogP contribution in [-0.4, -0.2) is 29.1 Å². The normalized spacial score (nSPS) is 11.4. The highest BCUT2D eigenvalue weighted by Gasteiger charge is 2.16. The SMILES string of the molecule is CCCCCCCCCCCC(=O)OC(=O)CC[C@H](N)C(=O)O.N. The van der Waals surface area contributed by atoms with Gasteiger partial charge in [-0.2, -0.15) is 0 Å². The molecule has 1 atom stereocenters. The molecule has 142 valence electrons. The standard InChI is InChI=1S/C17H31NO5.H3N/c1-2-3-4-5-6-7-8-9-10-11-15(19)23-16(20)13-12-14(18)17(21)22;/h14H,2-13,18H2,1H3,(H,21,22);1H3/t14-;/m0./s1. The smallest absolute Gasteiger partial charge is 0.320 e. The van der Waals surface area contributed by atoms with Gasteiger partial charge in [0.1, 0.15) is 6.04 Å². The van der Waals surface area contributed by atoms with Crippen molar-refractivity contribution >= 4 is 17.9 Å². The van der Waals surface area contributed by atoms with Crippen LogP contribution in [0.1, 0.15) is 84.0 Å². The van der Waals surface area contributed by atoms with E-state index in [-0.39, 0.29) is 25.4 Å². The highest BCUT2D eigenvalue weighted by molar-refractivity contribution is 5.85. The number of unbranched alkanes of at least 4 members (excludes halogenated alkanes) is 8. The van der Waals surface area contributed by atoms with Crippen LogP contribution in [0.3, 0.4) is 0 Å². The fraction of sp³-hybridized carbons (Fsp3) is 0.824. The molecule has 0 spiro atoms. The van der Waals surface area contributed by atoms with Gasteiger partial charge in [-0.15, -0.1) is 0 Å². The van der Waals surface area contributed by atoms with Crippen molar-refractivity contribution in [2.45, 2.75) is 90.0 Å². The predicted octanol–water partition coefficient (Wildman–Crippen LogP) is 3.33. The number of carboxylic acid groups (broad SMARTS) is 1. The van der Waals surface area contributed by atoms with Crippen LogP contribution < -0.4 is 11.9 Å². The summed E-state index contributed by atoms with van der Waals surface area (Å²) in [5, 5.41) is 8.58. The first-order valence-electron chi connectivity index (χ1n) is 8.69. The molecular formula is C17H34N2O5. The van der Waals surface area contributed by atoms with Crippen LogP contribution in [0.5, 0.6) is 0 Å². The van der Waals surface area contributed by atoms with Gasteiger partial charge in [0.25, 0.3) is 0 Å². The summed E-state index contributed by atoms with van der Waals surface area (Å²) in [5.74, 6) is -2.41. The number of aliphatic carboxylic acids is 1. The van der Waals surface area contributed by atoms with E-state index in [0.29, 0.717) is 0 Å². The molecule has 0 saturated heterocycles. The third kappa shape index (κ3) is 15.4. The van der Waals surface area contributed by atoms with Gasteiger partial charge in [-0.1, -0.05) is 58.3 Å². The first kappa shape index (κ1) is 24.8. The predicted molar refractivity (Wildman–Crippen MR) is 92.8 cm³/mol. The Morgan fingerprint density at radius 3 is 1.83 bits per heavy atom. The molecule has 0 rings (SSSR count). The van der Waals surface area contributed by atoms with E-state index in [1.165, 1.54) is 38.5 Å². The zero-order valence-electron chi connectivity index (χ0n) is 14.9. The van der Waals surface area contributed by atoms with Crippen molar-refractivity contribution in [3.63, 3.8) is 0 Å². The van der Waals surface area contributed by atoms with Crippen molar-refractivity contribution in [3.05, 3.63) is 0 Å². The Hall–Kier alpha value is -1.47. The highest BCUT2D eigenvalue weighted by Crippen LogP contribution is 2.11. The van der Waals surface area contributed by atoms with Crippen molar-refractivity contribution in [2.24, 2.45) is 5.73 Å². The van der Waals surface area contributed by atoms with Gasteiger partial charge in [0.15, 0.2) is 0 Å². The number of esters is 2. The Kier molecular flexibility index (Phi) is 16.9. The molecule has 6 N–H and O–H groups in total. The van der Waals surface area contributed by atoms with Crippen molar-refractivity contribution in [1.29, 1.82) is 0 Å². The summed E-state index contributed by atoms with van der Waals surface area (Å²) in [6, 6.07) is -1.10. The molecule has 0 aliphatic heterocycles. The lowest BCUT2D eigenvalue weighted by Crippen LogP contribution is -2.30. The molecule has 0 aromatic rings. The second-order valence-corrected chi connectivity index (χ2v) is 5.91. The number of ether oxygens (including phenoxy) is 1. The first-order valence-corrected chi connectivity index (χ1v) is 8.69. The van der Waals surface area contributed by atoms with Crippen LogP contribution in [0, 0.1) is 0 Å². The highest BCUT2D eigenvalue weighted by atomic mass is 16.6. The molecule has 0 amide bonds. The molecule has 0 saturated carbocycles. The quantitative estimate of drug-likeness (QED) is 0.249. The molecule has 0 unspecified atom stereocenters. The van der Waals surface area contributed by atoms with E-state index in [4.69, 9.17) is 10.8 Å². The molecule has 0 fully saturated rings. The molecule has 0 aromatic carbocycles. The fourth-order valence-electron chi connectivity index (χ4n) is 2.21. The van der Waals surface area contributed by atoms with E-state index < -0.39 is 23.9 Å². The largest absolute Gasteiger partial charge is 0.480 e. The lowest BCUT2D eigenvalue weighted by molar-refractivity contribution is -0.159. The number of hydrogen-bond acceptors (Lipinski definition) is 6. The maximum atomic E-state index is 11.4. The average Bonchev–Trinajstić information content (AvgIpc) is 2.50. The Morgan fingerprint density at radius 1 is 0.875 bits per heavy atom. The maximum absolute atomic E-state index is 11.4. The Bertz CT molecular complexity index is 361. The molecule has 24 heavy (non-hydrogen) atoms. The molecule has 7 nitrogen and oxygen atoms in total. The van der Waals surface area contributed by atoms with E-state index in [0.717, 1.165) is 19.3 Å². The summed E-state index contributed by atoms with van der Waals surface area (Å²) in [6.45, 7) is 2.20. The second kappa shape index (κ2) is 16.4.